The normalized spacial score (nSPS) is 15.1. The number of nitrogens with two attached hydrogens (primary N) is 1. The van der Waals surface area contributed by atoms with Gasteiger partial charge in [0.1, 0.15) is 5.69 Å². The Labute approximate surface area is 83.3 Å². The third-order valence-electron chi connectivity index (χ3n) is 2.73. The summed E-state index contributed by atoms with van der Waals surface area (Å²) in [6, 6.07) is 0. The lowest BCUT2D eigenvalue weighted by molar-refractivity contribution is 0.0809. The molecular formula is C9H16N4O. The summed E-state index contributed by atoms with van der Waals surface area (Å²) >= 11 is 0. The molecule has 0 aliphatic carbocycles. The third kappa shape index (κ3) is 1.68. The van der Waals surface area contributed by atoms with E-state index in [2.05, 4.69) is 10.3 Å². The number of ketones is 1. The maximum atomic E-state index is 12.0. The minimum absolute atomic E-state index is 0.00926. The highest BCUT2D eigenvalue weighted by Crippen LogP contribution is 2.24. The first-order chi connectivity index (χ1) is 6.55. The zero-order chi connectivity index (χ0) is 10.8. The molecule has 1 unspecified atom stereocenters. The Hall–Kier alpha value is -1.23. The van der Waals surface area contributed by atoms with E-state index in [9.17, 15) is 4.79 Å². The van der Waals surface area contributed by atoms with Gasteiger partial charge in [-0.25, -0.2) is 4.68 Å². The highest BCUT2D eigenvalue weighted by molar-refractivity contribution is 5.98. The van der Waals surface area contributed by atoms with Crippen LogP contribution in [0.2, 0.25) is 0 Å². The second-order valence-corrected chi connectivity index (χ2v) is 3.69. The Kier molecular flexibility index (Phi) is 3.00. The topological polar surface area (TPSA) is 73.8 Å². The number of hydrogen-bond donors (Lipinski definition) is 1. The zero-order valence-electron chi connectivity index (χ0n) is 8.82. The maximum absolute atomic E-state index is 12.0. The summed E-state index contributed by atoms with van der Waals surface area (Å²) in [6.45, 7) is 4.16. The molecule has 0 aliphatic heterocycles. The van der Waals surface area contributed by atoms with E-state index in [0.717, 1.165) is 0 Å². The first-order valence-corrected chi connectivity index (χ1v) is 4.64. The molecule has 1 aromatic heterocycles. The molecule has 0 fully saturated rings. The van der Waals surface area contributed by atoms with Crippen molar-refractivity contribution < 1.29 is 4.79 Å². The molecule has 0 saturated heterocycles. The van der Waals surface area contributed by atoms with Gasteiger partial charge in [-0.15, -0.1) is 5.10 Å². The highest BCUT2D eigenvalue weighted by atomic mass is 16.1. The van der Waals surface area contributed by atoms with Gasteiger partial charge < -0.3 is 5.73 Å². The van der Waals surface area contributed by atoms with Gasteiger partial charge in [0, 0.05) is 19.0 Å². The van der Waals surface area contributed by atoms with E-state index in [1.165, 1.54) is 10.9 Å². The Morgan fingerprint density at radius 2 is 2.36 bits per heavy atom. The largest absolute Gasteiger partial charge is 0.329 e. The average Bonchev–Trinajstić information content (AvgIpc) is 2.62. The maximum Gasteiger partial charge on any atom is 0.189 e. The summed E-state index contributed by atoms with van der Waals surface area (Å²) in [6.07, 6.45) is 2.19. The Morgan fingerprint density at radius 1 is 1.71 bits per heavy atom. The number of aromatic nitrogens is 3. The molecule has 1 rings (SSSR count). The number of rotatable bonds is 4. The molecular weight excluding hydrogens is 180 g/mol. The number of aryl methyl sites for hydroxylation is 1. The molecule has 0 aliphatic rings. The fraction of sp³-hybridized carbons (Fsp3) is 0.667. The van der Waals surface area contributed by atoms with Crippen molar-refractivity contribution in [1.82, 2.24) is 15.0 Å². The van der Waals surface area contributed by atoms with Gasteiger partial charge in [-0.2, -0.15) is 0 Å². The molecule has 5 heteroatoms. The van der Waals surface area contributed by atoms with E-state index in [-0.39, 0.29) is 5.78 Å². The van der Waals surface area contributed by atoms with Crippen LogP contribution in [-0.2, 0) is 7.05 Å². The number of carbonyl (C=O) groups is 1. The fourth-order valence-corrected chi connectivity index (χ4v) is 1.20. The predicted molar refractivity (Wildman–Crippen MR) is 52.8 cm³/mol. The molecule has 1 atom stereocenters. The number of carbonyl (C=O) groups excluding carboxylic acids is 1. The Balaban J connectivity index is 3.01. The summed E-state index contributed by atoms with van der Waals surface area (Å²) in [4.78, 5) is 12.0. The Bertz CT molecular complexity index is 327. The quantitative estimate of drug-likeness (QED) is 0.706. The lowest BCUT2D eigenvalue weighted by Crippen LogP contribution is -2.36. The second-order valence-electron chi connectivity index (χ2n) is 3.69. The molecule has 0 aromatic carbocycles. The fourth-order valence-electron chi connectivity index (χ4n) is 1.20. The van der Waals surface area contributed by atoms with Crippen LogP contribution in [0.3, 0.4) is 0 Å². The van der Waals surface area contributed by atoms with Gasteiger partial charge in [0.05, 0.1) is 6.20 Å². The molecule has 1 heterocycles. The lowest BCUT2D eigenvalue weighted by Gasteiger charge is -2.23. The van der Waals surface area contributed by atoms with Crippen molar-refractivity contribution in [1.29, 1.82) is 0 Å². The minimum atomic E-state index is -0.504. The molecule has 0 radical (unpaired) electrons. The van der Waals surface area contributed by atoms with Crippen molar-refractivity contribution in [2.24, 2.45) is 18.2 Å². The first kappa shape index (κ1) is 10.8. The zero-order valence-corrected chi connectivity index (χ0v) is 8.82. The van der Waals surface area contributed by atoms with Crippen molar-refractivity contribution in [3.05, 3.63) is 11.9 Å². The van der Waals surface area contributed by atoms with E-state index < -0.39 is 5.41 Å². The molecule has 0 spiro atoms. The second kappa shape index (κ2) is 3.88. The molecule has 78 valence electrons. The molecule has 0 saturated carbocycles. The van der Waals surface area contributed by atoms with Crippen LogP contribution in [0.15, 0.2) is 6.20 Å². The molecule has 1 aromatic rings. The minimum Gasteiger partial charge on any atom is -0.329 e. The van der Waals surface area contributed by atoms with Crippen molar-refractivity contribution in [2.75, 3.05) is 6.54 Å². The van der Waals surface area contributed by atoms with Crippen LogP contribution in [0.4, 0.5) is 0 Å². The van der Waals surface area contributed by atoms with Crippen molar-refractivity contribution in [3.8, 4) is 0 Å². The van der Waals surface area contributed by atoms with Crippen LogP contribution < -0.4 is 5.73 Å². The predicted octanol–water partition coefficient (Wildman–Crippen LogP) is 0.373. The Morgan fingerprint density at radius 3 is 2.71 bits per heavy atom. The monoisotopic (exact) mass is 196 g/mol. The van der Waals surface area contributed by atoms with Crippen molar-refractivity contribution in [2.45, 2.75) is 20.3 Å². The van der Waals surface area contributed by atoms with Crippen LogP contribution in [0.1, 0.15) is 30.8 Å². The van der Waals surface area contributed by atoms with Gasteiger partial charge in [0.25, 0.3) is 0 Å². The standard InChI is InChI=1S/C9H16N4O/c1-4-9(2,6-10)8(14)7-5-11-12-13(7)3/h5H,4,6,10H2,1-3H3. The highest BCUT2D eigenvalue weighted by Gasteiger charge is 2.32. The summed E-state index contributed by atoms with van der Waals surface area (Å²) in [5.74, 6) is 0.00926. The molecule has 0 amide bonds. The average molecular weight is 196 g/mol. The van der Waals surface area contributed by atoms with E-state index in [1.807, 2.05) is 13.8 Å². The van der Waals surface area contributed by atoms with Gasteiger partial charge >= 0.3 is 0 Å². The summed E-state index contributed by atoms with van der Waals surface area (Å²) in [7, 11) is 1.70. The van der Waals surface area contributed by atoms with Gasteiger partial charge in [0.15, 0.2) is 5.78 Å². The van der Waals surface area contributed by atoms with Crippen LogP contribution in [0, 0.1) is 5.41 Å². The summed E-state index contributed by atoms with van der Waals surface area (Å²) in [5.41, 5.74) is 5.61. The molecule has 14 heavy (non-hydrogen) atoms. The SMILES string of the molecule is CCC(C)(CN)C(=O)c1cnnn1C. The van der Waals surface area contributed by atoms with Gasteiger partial charge in [-0.3, -0.25) is 4.79 Å². The van der Waals surface area contributed by atoms with E-state index in [1.54, 1.807) is 7.05 Å². The van der Waals surface area contributed by atoms with Crippen LogP contribution in [0.5, 0.6) is 0 Å². The lowest BCUT2D eigenvalue weighted by atomic mass is 9.82. The number of hydrogen-bond acceptors (Lipinski definition) is 4. The van der Waals surface area contributed by atoms with E-state index in [0.29, 0.717) is 18.7 Å². The van der Waals surface area contributed by atoms with Gasteiger partial charge in [-0.1, -0.05) is 19.1 Å². The smallest absolute Gasteiger partial charge is 0.189 e. The summed E-state index contributed by atoms with van der Waals surface area (Å²) in [5, 5.41) is 7.40. The number of Topliss-reactive ketones (excluding diaryl/α,β-unsaturated/α-hetero) is 1. The van der Waals surface area contributed by atoms with Crippen molar-refractivity contribution >= 4 is 5.78 Å². The third-order valence-corrected chi connectivity index (χ3v) is 2.73. The first-order valence-electron chi connectivity index (χ1n) is 4.64. The van der Waals surface area contributed by atoms with Crippen molar-refractivity contribution in [3.63, 3.8) is 0 Å². The van der Waals surface area contributed by atoms with Gasteiger partial charge in [-0.05, 0) is 6.42 Å². The molecule has 0 bridgehead atoms. The molecule has 5 nitrogen and oxygen atoms in total. The van der Waals surface area contributed by atoms with E-state index in [4.69, 9.17) is 5.73 Å². The van der Waals surface area contributed by atoms with Gasteiger partial charge in [0.2, 0.25) is 0 Å². The van der Waals surface area contributed by atoms with Crippen LogP contribution >= 0.6 is 0 Å². The van der Waals surface area contributed by atoms with E-state index >= 15 is 0 Å². The molecule has 2 N–H and O–H groups in total. The summed E-state index contributed by atoms with van der Waals surface area (Å²) < 4.78 is 1.48. The van der Waals surface area contributed by atoms with Crippen LogP contribution in [0.25, 0.3) is 0 Å². The van der Waals surface area contributed by atoms with Crippen LogP contribution in [-0.4, -0.2) is 27.3 Å². The number of nitrogens with zero attached hydrogens (tertiary/aromatic N) is 3.